The van der Waals surface area contributed by atoms with Crippen LogP contribution in [0.25, 0.3) is 10.8 Å². The first-order valence-corrected chi connectivity index (χ1v) is 14.8. The lowest BCUT2D eigenvalue weighted by molar-refractivity contribution is -0.116. The minimum atomic E-state index is -3.60. The van der Waals surface area contributed by atoms with Gasteiger partial charge in [-0.15, -0.1) is 0 Å². The quantitative estimate of drug-likeness (QED) is 0.433. The molecule has 4 rings (SSSR count). The summed E-state index contributed by atoms with van der Waals surface area (Å²) < 4.78 is 34.2. The van der Waals surface area contributed by atoms with Gasteiger partial charge in [0, 0.05) is 36.6 Å². The Morgan fingerprint density at radius 2 is 1.84 bits per heavy atom. The van der Waals surface area contributed by atoms with E-state index >= 15 is 0 Å². The Bertz CT molecular complexity index is 1240. The molecule has 0 aromatic heterocycles. The van der Waals surface area contributed by atoms with Crippen molar-refractivity contribution < 1.29 is 22.7 Å². The van der Waals surface area contributed by atoms with Crippen molar-refractivity contribution in [3.63, 3.8) is 0 Å². The maximum atomic E-state index is 13.6. The van der Waals surface area contributed by atoms with E-state index in [2.05, 4.69) is 10.6 Å². The highest BCUT2D eigenvalue weighted by atomic mass is 32.2. The molecule has 0 spiro atoms. The summed E-state index contributed by atoms with van der Waals surface area (Å²) in [4.78, 5) is 24.6. The van der Waals surface area contributed by atoms with Gasteiger partial charge in [0.1, 0.15) is 5.60 Å². The van der Waals surface area contributed by atoms with Gasteiger partial charge in [0.05, 0.1) is 4.90 Å². The molecule has 2 amide bonds. The molecule has 1 aliphatic heterocycles. The van der Waals surface area contributed by atoms with Crippen molar-refractivity contribution in [3.8, 4) is 0 Å². The molecule has 2 fully saturated rings. The van der Waals surface area contributed by atoms with Gasteiger partial charge in [-0.3, -0.25) is 4.79 Å². The monoisotopic (exact) mass is 543 g/mol. The molecule has 1 aliphatic carbocycles. The number of nitrogens with zero attached hydrogens (tertiary/aromatic N) is 1. The van der Waals surface area contributed by atoms with Gasteiger partial charge in [-0.05, 0) is 82.4 Å². The number of hydrogen-bond donors (Lipinski definition) is 2. The lowest BCUT2D eigenvalue weighted by Gasteiger charge is -2.33. The molecule has 2 radical (unpaired) electrons. The van der Waals surface area contributed by atoms with E-state index in [1.54, 1.807) is 43.3 Å². The molecule has 2 aliphatic rings. The second-order valence-corrected chi connectivity index (χ2v) is 13.1. The maximum Gasteiger partial charge on any atom is 0.407 e. The Hall–Kier alpha value is -2.65. The number of alkyl carbamates (subject to hydrolysis) is 1. The van der Waals surface area contributed by atoms with E-state index < -0.39 is 21.7 Å². The Kier molecular flexibility index (Phi) is 9.81. The fourth-order valence-electron chi connectivity index (χ4n) is 5.45. The van der Waals surface area contributed by atoms with Gasteiger partial charge in [-0.1, -0.05) is 38.5 Å². The molecule has 1 heterocycles. The zero-order valence-corrected chi connectivity index (χ0v) is 23.6. The van der Waals surface area contributed by atoms with Crippen molar-refractivity contribution in [1.29, 1.82) is 0 Å². The Labute approximate surface area is 227 Å². The molecule has 8 nitrogen and oxygen atoms in total. The van der Waals surface area contributed by atoms with Crippen molar-refractivity contribution >= 4 is 38.5 Å². The summed E-state index contributed by atoms with van der Waals surface area (Å²) >= 11 is 0. The van der Waals surface area contributed by atoms with Crippen molar-refractivity contribution in [2.24, 2.45) is 5.92 Å². The van der Waals surface area contributed by atoms with Crippen LogP contribution in [0.5, 0.6) is 0 Å². The van der Waals surface area contributed by atoms with E-state index in [1.807, 2.05) is 18.2 Å². The van der Waals surface area contributed by atoms with Crippen LogP contribution in [0, 0.1) is 13.3 Å². The van der Waals surface area contributed by atoms with Gasteiger partial charge in [0.15, 0.2) is 0 Å². The first-order chi connectivity index (χ1) is 17.5. The van der Waals surface area contributed by atoms with Crippen LogP contribution in [0.2, 0.25) is 0 Å². The third kappa shape index (κ3) is 7.47. The number of amides is 2. The largest absolute Gasteiger partial charge is 0.444 e. The number of carbonyl (C=O) groups is 2. The minimum Gasteiger partial charge on any atom is -0.444 e. The van der Waals surface area contributed by atoms with Crippen LogP contribution in [-0.2, 0) is 19.6 Å². The molecule has 2 N–H and O–H groups in total. The summed E-state index contributed by atoms with van der Waals surface area (Å²) in [5.74, 6) is 0.474. The average molecular weight is 544 g/mol. The van der Waals surface area contributed by atoms with E-state index in [0.717, 1.165) is 42.9 Å². The van der Waals surface area contributed by atoms with Crippen LogP contribution < -0.4 is 10.6 Å². The smallest absolute Gasteiger partial charge is 0.407 e. The van der Waals surface area contributed by atoms with Crippen LogP contribution in [0.3, 0.4) is 0 Å². The zero-order valence-electron chi connectivity index (χ0n) is 22.8. The highest BCUT2D eigenvalue weighted by molar-refractivity contribution is 7.89. The number of carbonyl (C=O) groups excluding carboxylic acids is 2. The van der Waals surface area contributed by atoms with Crippen LogP contribution in [0.1, 0.15) is 72.1 Å². The fraction of sp³-hybridized carbons (Fsp3) is 0.552. The van der Waals surface area contributed by atoms with Gasteiger partial charge in [0.2, 0.25) is 15.9 Å². The van der Waals surface area contributed by atoms with Crippen LogP contribution in [-0.4, -0.2) is 49.5 Å². The third-order valence-electron chi connectivity index (χ3n) is 7.13. The predicted octanol–water partition coefficient (Wildman–Crippen LogP) is 5.75. The van der Waals surface area contributed by atoms with Gasteiger partial charge in [-0.25, -0.2) is 13.2 Å². The molecule has 38 heavy (non-hydrogen) atoms. The van der Waals surface area contributed by atoms with Crippen molar-refractivity contribution in [2.45, 2.75) is 88.7 Å². The van der Waals surface area contributed by atoms with Gasteiger partial charge in [0.25, 0.3) is 0 Å². The number of hydrogen-bond acceptors (Lipinski definition) is 5. The maximum absolute atomic E-state index is 13.6. The van der Waals surface area contributed by atoms with E-state index in [4.69, 9.17) is 4.74 Å². The summed E-state index contributed by atoms with van der Waals surface area (Å²) in [6, 6.07) is 10.7. The molecule has 2 unspecified atom stereocenters. The van der Waals surface area contributed by atoms with Crippen molar-refractivity contribution in [1.82, 2.24) is 9.62 Å². The molecular weight excluding hydrogens is 502 g/mol. The first kappa shape index (κ1) is 29.9. The number of anilines is 1. The standard InChI is InChI=1S/C28H39N3O5S.CH2/c1-28(2,3)36-27(33)29-16-6-13-26(32)30-25-12-5-10-21-19-23(14-15-24(21)25)37(34,35)31-17-7-9-20-8-4-11-22(31)18-20;/h5,10,12,14-15,19-20,22H,4,6-9,11,13,16-18H2,1-3H3,(H,29,33)(H,30,32);1H2. The average Bonchev–Trinajstić information content (AvgIpc) is 2.98. The third-order valence-corrected chi connectivity index (χ3v) is 9.08. The van der Waals surface area contributed by atoms with Crippen molar-refractivity contribution in [2.75, 3.05) is 18.4 Å². The van der Waals surface area contributed by atoms with E-state index in [-0.39, 0.29) is 25.8 Å². The Morgan fingerprint density at radius 3 is 2.61 bits per heavy atom. The van der Waals surface area contributed by atoms with Gasteiger partial charge in [-0.2, -0.15) is 4.31 Å². The number of nitrogens with one attached hydrogen (secondary N) is 2. The molecule has 9 heteroatoms. The van der Waals surface area contributed by atoms with Gasteiger partial charge >= 0.3 is 6.09 Å². The normalized spacial score (nSPS) is 20.2. The number of rotatable bonds is 7. The van der Waals surface area contributed by atoms with Crippen LogP contribution in [0.4, 0.5) is 10.5 Å². The minimum absolute atomic E-state index is 0. The number of ether oxygens (including phenoxy) is 1. The van der Waals surface area contributed by atoms with E-state index in [9.17, 15) is 18.0 Å². The fourth-order valence-corrected chi connectivity index (χ4v) is 7.19. The van der Waals surface area contributed by atoms with Crippen LogP contribution in [0.15, 0.2) is 41.3 Å². The second-order valence-electron chi connectivity index (χ2n) is 11.2. The lowest BCUT2D eigenvalue weighted by Crippen LogP contribution is -2.41. The molecule has 2 atom stereocenters. The molecule has 208 valence electrons. The van der Waals surface area contributed by atoms with Gasteiger partial charge < -0.3 is 15.4 Å². The first-order valence-electron chi connectivity index (χ1n) is 13.3. The Balaban J connectivity index is 0.00000400. The zero-order chi connectivity index (χ0) is 26.6. The predicted molar refractivity (Wildman–Crippen MR) is 150 cm³/mol. The summed E-state index contributed by atoms with van der Waals surface area (Å²) in [7, 11) is -3.60. The summed E-state index contributed by atoms with van der Waals surface area (Å²) in [6.07, 6.45) is 6.44. The number of fused-ring (bicyclic) bond motifs is 3. The molecule has 2 bridgehead atoms. The molecule has 2 aromatic rings. The molecule has 2 aromatic carbocycles. The Morgan fingerprint density at radius 1 is 1.08 bits per heavy atom. The molecular formula is C29H41N3O5S. The number of sulfonamides is 1. The van der Waals surface area contributed by atoms with E-state index in [1.165, 1.54) is 6.42 Å². The van der Waals surface area contributed by atoms with E-state index in [0.29, 0.717) is 36.0 Å². The number of benzene rings is 2. The second kappa shape index (κ2) is 12.5. The highest BCUT2D eigenvalue weighted by Gasteiger charge is 2.36. The lowest BCUT2D eigenvalue weighted by atomic mass is 9.84. The topological polar surface area (TPSA) is 105 Å². The summed E-state index contributed by atoms with van der Waals surface area (Å²) in [5, 5.41) is 7.13. The summed E-state index contributed by atoms with van der Waals surface area (Å²) in [6.45, 7) is 6.30. The highest BCUT2D eigenvalue weighted by Crippen LogP contribution is 2.37. The van der Waals surface area contributed by atoms with Crippen molar-refractivity contribution in [3.05, 3.63) is 43.8 Å². The molecule has 1 saturated carbocycles. The summed E-state index contributed by atoms with van der Waals surface area (Å²) in [5.41, 5.74) is 0.0672. The SMILES string of the molecule is CC(C)(C)OC(=O)NCCCC(=O)Nc1cccc2cc(S(=O)(=O)N3CCCC4CCCC3C4)ccc12.[CH2]. The molecule has 1 saturated heterocycles. The van der Waals surface area contributed by atoms with Crippen LogP contribution >= 0.6 is 0 Å².